The van der Waals surface area contributed by atoms with Crippen molar-refractivity contribution in [3.8, 4) is 0 Å². The molecule has 0 amide bonds. The molecule has 0 saturated heterocycles. The lowest BCUT2D eigenvalue weighted by Gasteiger charge is -2.66. The van der Waals surface area contributed by atoms with E-state index >= 15 is 0 Å². The van der Waals surface area contributed by atoms with Crippen LogP contribution < -0.4 is 5.73 Å². The van der Waals surface area contributed by atoms with Gasteiger partial charge < -0.3 is 5.73 Å². The van der Waals surface area contributed by atoms with E-state index in [9.17, 15) is 0 Å². The maximum Gasteiger partial charge on any atom is 0.00959 e. The maximum absolute atomic E-state index is 6.15. The van der Waals surface area contributed by atoms with Crippen LogP contribution in [0.5, 0.6) is 0 Å². The first kappa shape index (κ1) is 8.55. The van der Waals surface area contributed by atoms with Crippen LogP contribution in [-0.4, -0.2) is 6.04 Å². The first-order chi connectivity index (χ1) is 5.37. The molecule has 3 aliphatic carbocycles. The van der Waals surface area contributed by atoms with Crippen molar-refractivity contribution in [1.29, 1.82) is 0 Å². The molecule has 1 heteroatoms. The van der Waals surface area contributed by atoms with Gasteiger partial charge in [-0.2, -0.15) is 0 Å². The predicted octanol–water partition coefficient (Wildman–Crippen LogP) is 2.41. The van der Waals surface area contributed by atoms with Crippen LogP contribution in [0.15, 0.2) is 0 Å². The SMILES string of the molecule is CC1(C)C(N)CC2CC1C2(C)C. The first-order valence-corrected chi connectivity index (χ1v) is 5.12. The van der Waals surface area contributed by atoms with Crippen molar-refractivity contribution in [3.05, 3.63) is 0 Å². The largest absolute Gasteiger partial charge is 0.327 e. The van der Waals surface area contributed by atoms with E-state index in [1.54, 1.807) is 0 Å². The van der Waals surface area contributed by atoms with Gasteiger partial charge in [0.2, 0.25) is 0 Å². The zero-order valence-corrected chi connectivity index (χ0v) is 8.72. The minimum Gasteiger partial charge on any atom is -0.327 e. The molecule has 3 atom stereocenters. The van der Waals surface area contributed by atoms with E-state index < -0.39 is 0 Å². The molecule has 3 fully saturated rings. The van der Waals surface area contributed by atoms with Gasteiger partial charge in [-0.05, 0) is 35.5 Å². The van der Waals surface area contributed by atoms with Crippen molar-refractivity contribution in [2.24, 2.45) is 28.4 Å². The number of nitrogens with two attached hydrogens (primary N) is 1. The van der Waals surface area contributed by atoms with Crippen molar-refractivity contribution in [2.45, 2.75) is 46.6 Å². The van der Waals surface area contributed by atoms with Crippen LogP contribution in [0.4, 0.5) is 0 Å². The average molecular weight is 167 g/mol. The highest BCUT2D eigenvalue weighted by molar-refractivity contribution is 5.11. The number of rotatable bonds is 0. The molecular formula is C11H21N. The molecule has 0 aromatic heterocycles. The number of hydrogen-bond donors (Lipinski definition) is 1. The molecule has 0 aliphatic heterocycles. The van der Waals surface area contributed by atoms with Crippen LogP contribution in [-0.2, 0) is 0 Å². The van der Waals surface area contributed by atoms with Gasteiger partial charge in [-0.1, -0.05) is 27.7 Å². The molecule has 12 heavy (non-hydrogen) atoms. The van der Waals surface area contributed by atoms with Crippen LogP contribution in [0.3, 0.4) is 0 Å². The summed E-state index contributed by atoms with van der Waals surface area (Å²) in [5, 5.41) is 0. The second-order valence-corrected chi connectivity index (χ2v) is 5.97. The summed E-state index contributed by atoms with van der Waals surface area (Å²) in [6, 6.07) is 0.439. The smallest absolute Gasteiger partial charge is 0.00959 e. The lowest BCUT2D eigenvalue weighted by Crippen LogP contribution is -2.63. The number of hydrogen-bond acceptors (Lipinski definition) is 1. The molecule has 3 saturated carbocycles. The Hall–Kier alpha value is -0.0400. The van der Waals surface area contributed by atoms with Gasteiger partial charge in [-0.25, -0.2) is 0 Å². The average Bonchev–Trinajstić information content (AvgIpc) is 1.93. The number of fused-ring (bicyclic) bond motifs is 2. The Morgan fingerprint density at radius 1 is 1.00 bits per heavy atom. The van der Waals surface area contributed by atoms with Gasteiger partial charge in [0.25, 0.3) is 0 Å². The molecule has 2 N–H and O–H groups in total. The summed E-state index contributed by atoms with van der Waals surface area (Å²) in [6.07, 6.45) is 2.67. The van der Waals surface area contributed by atoms with Crippen LogP contribution in [0.25, 0.3) is 0 Å². The zero-order chi connectivity index (χ0) is 9.15. The van der Waals surface area contributed by atoms with E-state index in [4.69, 9.17) is 5.73 Å². The molecule has 3 rings (SSSR count). The molecule has 1 nitrogen and oxygen atoms in total. The summed E-state index contributed by atoms with van der Waals surface area (Å²) in [5.74, 6) is 1.77. The predicted molar refractivity (Wildman–Crippen MR) is 51.8 cm³/mol. The molecule has 3 aliphatic rings. The molecule has 3 unspecified atom stereocenters. The van der Waals surface area contributed by atoms with E-state index in [-0.39, 0.29) is 0 Å². The van der Waals surface area contributed by atoms with Gasteiger partial charge in [0.1, 0.15) is 0 Å². The topological polar surface area (TPSA) is 26.0 Å². The van der Waals surface area contributed by atoms with Gasteiger partial charge in [-0.15, -0.1) is 0 Å². The molecule has 0 spiro atoms. The van der Waals surface area contributed by atoms with Crippen molar-refractivity contribution >= 4 is 0 Å². The van der Waals surface area contributed by atoms with Gasteiger partial charge in [0.15, 0.2) is 0 Å². The van der Waals surface area contributed by atoms with E-state index in [1.807, 2.05) is 0 Å². The zero-order valence-electron chi connectivity index (χ0n) is 8.72. The molecule has 0 radical (unpaired) electrons. The van der Waals surface area contributed by atoms with Gasteiger partial charge in [-0.3, -0.25) is 0 Å². The first-order valence-electron chi connectivity index (χ1n) is 5.12. The van der Waals surface area contributed by atoms with E-state index in [0.29, 0.717) is 16.9 Å². The third kappa shape index (κ3) is 0.783. The summed E-state index contributed by atoms with van der Waals surface area (Å²) in [4.78, 5) is 0. The fourth-order valence-corrected chi connectivity index (χ4v) is 3.55. The van der Waals surface area contributed by atoms with Crippen molar-refractivity contribution in [1.82, 2.24) is 0 Å². The monoisotopic (exact) mass is 167 g/mol. The normalized spacial score (nSPS) is 48.2. The Kier molecular flexibility index (Phi) is 1.47. The highest BCUT2D eigenvalue weighted by atomic mass is 14.8. The fraction of sp³-hybridized carbons (Fsp3) is 1.00. The summed E-state index contributed by atoms with van der Waals surface area (Å²) >= 11 is 0. The van der Waals surface area contributed by atoms with Gasteiger partial charge >= 0.3 is 0 Å². The summed E-state index contributed by atoms with van der Waals surface area (Å²) in [6.45, 7) is 9.53. The summed E-state index contributed by atoms with van der Waals surface area (Å²) in [5.41, 5.74) is 7.10. The standard InChI is InChI=1S/C11H21N/c1-10(2)7-5-8(10)11(3,4)9(12)6-7/h7-9H,5-6,12H2,1-4H3. The molecule has 0 aromatic rings. The van der Waals surface area contributed by atoms with E-state index in [1.165, 1.54) is 12.8 Å². The van der Waals surface area contributed by atoms with E-state index in [2.05, 4.69) is 27.7 Å². The Balaban J connectivity index is 2.27. The second kappa shape index (κ2) is 2.06. The van der Waals surface area contributed by atoms with Crippen LogP contribution >= 0.6 is 0 Å². The minimum atomic E-state index is 0.373. The Labute approximate surface area is 75.7 Å². The highest BCUT2D eigenvalue weighted by Gasteiger charge is 2.60. The van der Waals surface area contributed by atoms with Crippen molar-refractivity contribution in [3.63, 3.8) is 0 Å². The maximum atomic E-state index is 6.15. The second-order valence-electron chi connectivity index (χ2n) is 5.97. The lowest BCUT2D eigenvalue weighted by molar-refractivity contribution is -0.152. The Morgan fingerprint density at radius 3 is 1.92 bits per heavy atom. The van der Waals surface area contributed by atoms with Gasteiger partial charge in [0, 0.05) is 6.04 Å². The van der Waals surface area contributed by atoms with Crippen molar-refractivity contribution < 1.29 is 0 Å². The molecular weight excluding hydrogens is 146 g/mol. The van der Waals surface area contributed by atoms with Crippen LogP contribution in [0, 0.1) is 22.7 Å². The highest BCUT2D eigenvalue weighted by Crippen LogP contribution is 2.65. The van der Waals surface area contributed by atoms with Gasteiger partial charge in [0.05, 0.1) is 0 Å². The molecule has 0 heterocycles. The third-order valence-electron chi connectivity index (χ3n) is 4.86. The van der Waals surface area contributed by atoms with Crippen LogP contribution in [0.2, 0.25) is 0 Å². The lowest BCUT2D eigenvalue weighted by atomic mass is 9.40. The fourth-order valence-electron chi connectivity index (χ4n) is 3.55. The Bertz CT molecular complexity index is 205. The summed E-state index contributed by atoms with van der Waals surface area (Å²) < 4.78 is 0. The quantitative estimate of drug-likeness (QED) is 0.589. The Morgan fingerprint density at radius 2 is 1.58 bits per heavy atom. The molecule has 0 aromatic carbocycles. The minimum absolute atomic E-state index is 0.373. The van der Waals surface area contributed by atoms with Crippen LogP contribution in [0.1, 0.15) is 40.5 Å². The van der Waals surface area contributed by atoms with E-state index in [0.717, 1.165) is 11.8 Å². The summed E-state index contributed by atoms with van der Waals surface area (Å²) in [7, 11) is 0. The third-order valence-corrected chi connectivity index (χ3v) is 4.86. The molecule has 2 bridgehead atoms. The van der Waals surface area contributed by atoms with Crippen molar-refractivity contribution in [2.75, 3.05) is 0 Å². The molecule has 70 valence electrons.